The van der Waals surface area contributed by atoms with Crippen LogP contribution in [0.2, 0.25) is 4.34 Å². The summed E-state index contributed by atoms with van der Waals surface area (Å²) in [5, 5.41) is 0.959. The number of thiazole rings is 1. The largest absolute Gasteiger partial charge is 0.234 e. The molecule has 0 aliphatic rings. The summed E-state index contributed by atoms with van der Waals surface area (Å²) in [6, 6.07) is 18.4. The summed E-state index contributed by atoms with van der Waals surface area (Å²) in [5.41, 5.74) is 4.27. The van der Waals surface area contributed by atoms with Gasteiger partial charge in [-0.25, -0.2) is 4.98 Å². The maximum absolute atomic E-state index is 6.33. The minimum Gasteiger partial charge on any atom is -0.234 e. The summed E-state index contributed by atoms with van der Waals surface area (Å²) in [6.45, 7) is 2.07. The average molecular weight is 286 g/mol. The first kappa shape index (κ1) is 12.4. The summed E-state index contributed by atoms with van der Waals surface area (Å²) >= 11 is 7.85. The number of aromatic nitrogens is 1. The number of aryl methyl sites for hydroxylation is 1. The fourth-order valence-corrected chi connectivity index (χ4v) is 3.09. The highest BCUT2D eigenvalue weighted by atomic mass is 35.5. The second-order valence-corrected chi connectivity index (χ2v) is 5.97. The van der Waals surface area contributed by atoms with E-state index in [1.54, 1.807) is 0 Å². The Morgan fingerprint density at radius 2 is 1.58 bits per heavy atom. The van der Waals surface area contributed by atoms with Crippen LogP contribution in [0, 0.1) is 6.92 Å². The highest BCUT2D eigenvalue weighted by Gasteiger charge is 2.12. The number of hydrogen-bond acceptors (Lipinski definition) is 2. The fourth-order valence-electron chi connectivity index (χ4n) is 1.90. The third kappa shape index (κ3) is 2.55. The summed E-state index contributed by atoms with van der Waals surface area (Å²) in [7, 11) is 0. The molecule has 94 valence electrons. The van der Waals surface area contributed by atoms with Crippen LogP contribution < -0.4 is 0 Å². The van der Waals surface area contributed by atoms with E-state index in [0.29, 0.717) is 0 Å². The smallest absolute Gasteiger partial charge is 0.125 e. The van der Waals surface area contributed by atoms with Crippen LogP contribution in [0.1, 0.15) is 5.56 Å². The zero-order valence-electron chi connectivity index (χ0n) is 10.4. The summed E-state index contributed by atoms with van der Waals surface area (Å²) in [6.07, 6.45) is 0. The number of halogens is 1. The van der Waals surface area contributed by atoms with Crippen LogP contribution >= 0.6 is 22.9 Å². The van der Waals surface area contributed by atoms with Crippen LogP contribution in [-0.2, 0) is 0 Å². The van der Waals surface area contributed by atoms with Gasteiger partial charge in [-0.05, 0) is 6.92 Å². The van der Waals surface area contributed by atoms with Crippen LogP contribution in [0.4, 0.5) is 0 Å². The Morgan fingerprint density at radius 1 is 0.895 bits per heavy atom. The molecule has 19 heavy (non-hydrogen) atoms. The summed E-state index contributed by atoms with van der Waals surface area (Å²) in [5.74, 6) is 0. The summed E-state index contributed by atoms with van der Waals surface area (Å²) < 4.78 is 0.739. The lowest BCUT2D eigenvalue weighted by atomic mass is 10.1. The molecule has 0 amide bonds. The Hall–Kier alpha value is -1.64. The first-order valence-corrected chi connectivity index (χ1v) is 7.22. The Bertz CT molecular complexity index is 687. The van der Waals surface area contributed by atoms with Crippen molar-refractivity contribution in [2.75, 3.05) is 0 Å². The molecule has 3 heteroatoms. The van der Waals surface area contributed by atoms with E-state index in [0.717, 1.165) is 26.2 Å². The van der Waals surface area contributed by atoms with E-state index in [4.69, 9.17) is 11.6 Å². The average Bonchev–Trinajstić information content (AvgIpc) is 2.83. The zero-order valence-corrected chi connectivity index (χ0v) is 12.0. The molecule has 0 radical (unpaired) electrons. The lowest BCUT2D eigenvalue weighted by molar-refractivity contribution is 1.39. The second kappa shape index (κ2) is 5.16. The normalized spacial score (nSPS) is 10.6. The first-order chi connectivity index (χ1) is 9.24. The Kier molecular flexibility index (Phi) is 3.36. The van der Waals surface area contributed by atoms with Crippen molar-refractivity contribution < 1.29 is 0 Å². The van der Waals surface area contributed by atoms with Gasteiger partial charge in [0.25, 0.3) is 0 Å². The number of nitrogens with zero attached hydrogens (tertiary/aromatic N) is 1. The lowest BCUT2D eigenvalue weighted by Gasteiger charge is -1.98. The molecule has 3 aromatic rings. The van der Waals surface area contributed by atoms with Gasteiger partial charge >= 0.3 is 0 Å². The topological polar surface area (TPSA) is 12.9 Å². The van der Waals surface area contributed by atoms with Crippen LogP contribution in [0.25, 0.3) is 21.8 Å². The van der Waals surface area contributed by atoms with Crippen molar-refractivity contribution in [3.8, 4) is 21.8 Å². The number of hydrogen-bond donors (Lipinski definition) is 0. The molecule has 3 rings (SSSR count). The summed E-state index contributed by atoms with van der Waals surface area (Å²) in [4.78, 5) is 4.67. The van der Waals surface area contributed by atoms with Gasteiger partial charge in [0.15, 0.2) is 0 Å². The van der Waals surface area contributed by atoms with Crippen molar-refractivity contribution in [1.29, 1.82) is 0 Å². The van der Waals surface area contributed by atoms with E-state index in [9.17, 15) is 0 Å². The molecule has 0 bridgehead atoms. The standard InChI is InChI=1S/C16H12ClNS/c1-11-7-9-12(10-8-11)14-15(17)19-16(18-14)13-5-3-2-4-6-13/h2-10H,1H3. The highest BCUT2D eigenvalue weighted by Crippen LogP contribution is 2.37. The molecule has 0 aliphatic carbocycles. The third-order valence-corrected chi connectivity index (χ3v) is 4.23. The predicted octanol–water partition coefficient (Wildman–Crippen LogP) is 5.44. The Labute approximate surface area is 121 Å². The highest BCUT2D eigenvalue weighted by molar-refractivity contribution is 7.19. The maximum atomic E-state index is 6.33. The molecule has 0 unspecified atom stereocenters. The molecule has 1 aromatic heterocycles. The number of rotatable bonds is 2. The predicted molar refractivity (Wildman–Crippen MR) is 82.7 cm³/mol. The quantitative estimate of drug-likeness (QED) is 0.611. The first-order valence-electron chi connectivity index (χ1n) is 6.03. The van der Waals surface area contributed by atoms with Gasteiger partial charge < -0.3 is 0 Å². The molecule has 0 saturated heterocycles. The molecule has 0 N–H and O–H groups in total. The molecule has 1 nitrogen and oxygen atoms in total. The van der Waals surface area contributed by atoms with Gasteiger partial charge in [-0.2, -0.15) is 0 Å². The van der Waals surface area contributed by atoms with E-state index in [2.05, 4.69) is 36.2 Å². The molecule has 0 atom stereocenters. The molecule has 2 aromatic carbocycles. The van der Waals surface area contributed by atoms with Crippen LogP contribution in [0.5, 0.6) is 0 Å². The SMILES string of the molecule is Cc1ccc(-c2nc(-c3ccccc3)sc2Cl)cc1. The van der Waals surface area contributed by atoms with Crippen molar-refractivity contribution in [3.05, 3.63) is 64.5 Å². The van der Waals surface area contributed by atoms with Crippen molar-refractivity contribution in [1.82, 2.24) is 4.98 Å². The van der Waals surface area contributed by atoms with Gasteiger partial charge in [-0.1, -0.05) is 71.8 Å². The zero-order chi connectivity index (χ0) is 13.2. The van der Waals surface area contributed by atoms with E-state index in [1.807, 2.05) is 30.3 Å². The minimum atomic E-state index is 0.739. The lowest BCUT2D eigenvalue weighted by Crippen LogP contribution is -1.80. The Balaban J connectivity index is 2.05. The number of benzene rings is 2. The van der Waals surface area contributed by atoms with Gasteiger partial charge in [0.05, 0.1) is 0 Å². The van der Waals surface area contributed by atoms with Crippen LogP contribution in [-0.4, -0.2) is 4.98 Å². The van der Waals surface area contributed by atoms with Gasteiger partial charge in [0, 0.05) is 11.1 Å². The van der Waals surface area contributed by atoms with E-state index < -0.39 is 0 Å². The molecular formula is C16H12ClNS. The van der Waals surface area contributed by atoms with Crippen LogP contribution in [0.15, 0.2) is 54.6 Å². The van der Waals surface area contributed by atoms with Crippen molar-refractivity contribution >= 4 is 22.9 Å². The maximum Gasteiger partial charge on any atom is 0.125 e. The third-order valence-electron chi connectivity index (χ3n) is 2.93. The van der Waals surface area contributed by atoms with E-state index in [1.165, 1.54) is 16.9 Å². The molecule has 0 fully saturated rings. The molecule has 0 saturated carbocycles. The van der Waals surface area contributed by atoms with Crippen LogP contribution in [0.3, 0.4) is 0 Å². The van der Waals surface area contributed by atoms with Gasteiger partial charge in [-0.15, -0.1) is 11.3 Å². The van der Waals surface area contributed by atoms with E-state index in [-0.39, 0.29) is 0 Å². The van der Waals surface area contributed by atoms with Gasteiger partial charge in [0.1, 0.15) is 15.0 Å². The Morgan fingerprint density at radius 3 is 2.26 bits per heavy atom. The molecule has 0 spiro atoms. The fraction of sp³-hybridized carbons (Fsp3) is 0.0625. The van der Waals surface area contributed by atoms with Crippen molar-refractivity contribution in [3.63, 3.8) is 0 Å². The van der Waals surface area contributed by atoms with Crippen molar-refractivity contribution in [2.24, 2.45) is 0 Å². The molecule has 1 heterocycles. The van der Waals surface area contributed by atoms with Crippen molar-refractivity contribution in [2.45, 2.75) is 6.92 Å². The van der Waals surface area contributed by atoms with E-state index >= 15 is 0 Å². The molecule has 0 aliphatic heterocycles. The van der Waals surface area contributed by atoms with Gasteiger partial charge in [0.2, 0.25) is 0 Å². The monoisotopic (exact) mass is 285 g/mol. The minimum absolute atomic E-state index is 0.739. The second-order valence-electron chi connectivity index (χ2n) is 4.37. The van der Waals surface area contributed by atoms with Gasteiger partial charge in [-0.3, -0.25) is 0 Å². The molecular weight excluding hydrogens is 274 g/mol.